The number of aromatic nitrogens is 4. The summed E-state index contributed by atoms with van der Waals surface area (Å²) in [5.74, 6) is 1.44. The predicted molar refractivity (Wildman–Crippen MR) is 141 cm³/mol. The zero-order valence-electron chi connectivity index (χ0n) is 20.1. The average Bonchev–Trinajstić information content (AvgIpc) is 2.88. The molecule has 0 aliphatic carbocycles. The van der Waals surface area contributed by atoms with Crippen LogP contribution in [0.4, 0.5) is 23.3 Å². The van der Waals surface area contributed by atoms with Gasteiger partial charge in [0.1, 0.15) is 0 Å². The van der Waals surface area contributed by atoms with Crippen molar-refractivity contribution in [3.05, 3.63) is 95.6 Å². The lowest BCUT2D eigenvalue weighted by molar-refractivity contribution is 1.11. The van der Waals surface area contributed by atoms with E-state index in [1.165, 1.54) is 5.56 Å². The van der Waals surface area contributed by atoms with Crippen LogP contribution in [0.1, 0.15) is 36.1 Å². The van der Waals surface area contributed by atoms with Gasteiger partial charge in [-0.25, -0.2) is 0 Å². The fraction of sp³-hybridized carbons (Fsp3) is 0.154. The van der Waals surface area contributed by atoms with Crippen LogP contribution in [0.5, 0.6) is 0 Å². The van der Waals surface area contributed by atoms with Crippen molar-refractivity contribution in [3.63, 3.8) is 0 Å². The van der Waals surface area contributed by atoms with Gasteiger partial charge in [0.15, 0.2) is 11.6 Å². The van der Waals surface area contributed by atoms with E-state index in [4.69, 9.17) is 0 Å². The van der Waals surface area contributed by atoms with Crippen LogP contribution in [0.2, 0.25) is 0 Å². The van der Waals surface area contributed by atoms with E-state index in [2.05, 4.69) is 59.3 Å². The van der Waals surface area contributed by atoms with Crippen LogP contribution in [-0.2, 0) is 0 Å². The first-order valence-electron chi connectivity index (χ1n) is 11.1. The summed E-state index contributed by atoms with van der Waals surface area (Å²) in [6.45, 7) is 7.94. The maximum Gasteiger partial charge on any atom is 0.231 e. The zero-order chi connectivity index (χ0) is 24.6. The minimum atomic E-state index is 0.415. The van der Waals surface area contributed by atoms with E-state index in [0.717, 1.165) is 33.8 Å². The molecule has 0 saturated heterocycles. The Bertz CT molecular complexity index is 1270. The maximum atomic E-state index is 4.59. The fourth-order valence-electron chi connectivity index (χ4n) is 3.29. The van der Waals surface area contributed by atoms with Crippen LogP contribution in [0.25, 0.3) is 0 Å². The lowest BCUT2D eigenvalue weighted by Gasteiger charge is -2.12. The van der Waals surface area contributed by atoms with Crippen molar-refractivity contribution in [2.45, 2.75) is 27.7 Å². The molecule has 4 rings (SSSR count). The molecule has 3 heterocycles. The number of hydrogen-bond acceptors (Lipinski definition) is 9. The predicted octanol–water partition coefficient (Wildman–Crippen LogP) is 5.30. The largest absolute Gasteiger partial charge is 0.324 e. The maximum absolute atomic E-state index is 4.59. The molecular formula is C26H27N9. The highest BCUT2D eigenvalue weighted by Gasteiger charge is 2.08. The Morgan fingerprint density at radius 1 is 0.686 bits per heavy atom. The Kier molecular flexibility index (Phi) is 7.37. The van der Waals surface area contributed by atoms with Gasteiger partial charge in [-0.15, -0.1) is 0 Å². The molecule has 0 atom stereocenters. The first kappa shape index (κ1) is 23.5. The molecule has 0 bridgehead atoms. The van der Waals surface area contributed by atoms with Gasteiger partial charge in [0.05, 0.1) is 11.4 Å². The second-order valence-electron chi connectivity index (χ2n) is 8.00. The lowest BCUT2D eigenvalue weighted by Crippen LogP contribution is -2.07. The fourth-order valence-corrected chi connectivity index (χ4v) is 3.29. The summed E-state index contributed by atoms with van der Waals surface area (Å²) in [6.07, 6.45) is 6.93. The van der Waals surface area contributed by atoms with Crippen molar-refractivity contribution < 1.29 is 0 Å². The molecule has 176 valence electrons. The van der Waals surface area contributed by atoms with Crippen LogP contribution in [-0.4, -0.2) is 31.4 Å². The van der Waals surface area contributed by atoms with Gasteiger partial charge in [-0.05, 0) is 63.6 Å². The summed E-state index contributed by atoms with van der Waals surface area (Å²) in [4.78, 5) is 17.3. The molecule has 35 heavy (non-hydrogen) atoms. The minimum Gasteiger partial charge on any atom is -0.324 e. The summed E-state index contributed by atoms with van der Waals surface area (Å²) in [5, 5.41) is 12.3. The van der Waals surface area contributed by atoms with E-state index >= 15 is 0 Å². The lowest BCUT2D eigenvalue weighted by atomic mass is 10.1. The van der Waals surface area contributed by atoms with Crippen molar-refractivity contribution in [2.24, 2.45) is 10.2 Å². The SMILES string of the molecule is CC(=NNc1cc(NN=C(C)c2ccncc2)nc(Nc2ccc(C)cc2C)n1)c1ccncc1. The molecule has 0 unspecified atom stereocenters. The normalized spacial score (nSPS) is 11.8. The first-order valence-corrected chi connectivity index (χ1v) is 11.1. The Morgan fingerprint density at radius 2 is 1.20 bits per heavy atom. The number of benzene rings is 1. The quantitative estimate of drug-likeness (QED) is 0.239. The molecule has 0 radical (unpaired) electrons. The smallest absolute Gasteiger partial charge is 0.231 e. The number of aryl methyl sites for hydroxylation is 2. The van der Waals surface area contributed by atoms with Crippen molar-refractivity contribution in [1.82, 2.24) is 19.9 Å². The third-order valence-electron chi connectivity index (χ3n) is 5.23. The molecule has 3 N–H and O–H groups in total. The molecule has 0 aliphatic heterocycles. The van der Waals surface area contributed by atoms with E-state index < -0.39 is 0 Å². The Labute approximate surface area is 204 Å². The zero-order valence-corrected chi connectivity index (χ0v) is 20.1. The molecule has 4 aromatic rings. The molecule has 1 aromatic carbocycles. The molecule has 0 saturated carbocycles. The highest BCUT2D eigenvalue weighted by Crippen LogP contribution is 2.22. The van der Waals surface area contributed by atoms with Gasteiger partial charge in [-0.2, -0.15) is 20.2 Å². The highest BCUT2D eigenvalue weighted by atomic mass is 15.4. The van der Waals surface area contributed by atoms with Crippen LogP contribution >= 0.6 is 0 Å². The number of hydrazone groups is 2. The molecule has 3 aromatic heterocycles. The van der Waals surface area contributed by atoms with E-state index in [1.54, 1.807) is 30.9 Å². The van der Waals surface area contributed by atoms with Crippen molar-refractivity contribution in [2.75, 3.05) is 16.2 Å². The number of rotatable bonds is 8. The van der Waals surface area contributed by atoms with Crippen molar-refractivity contribution >= 4 is 34.7 Å². The van der Waals surface area contributed by atoms with Gasteiger partial charge in [-0.3, -0.25) is 20.8 Å². The molecule has 9 nitrogen and oxygen atoms in total. The second kappa shape index (κ2) is 11.0. The van der Waals surface area contributed by atoms with Gasteiger partial charge in [0, 0.05) is 47.7 Å². The molecule has 0 aliphatic rings. The van der Waals surface area contributed by atoms with Gasteiger partial charge >= 0.3 is 0 Å². The number of hydrogen-bond donors (Lipinski definition) is 3. The molecule has 0 amide bonds. The van der Waals surface area contributed by atoms with Gasteiger partial charge in [0.2, 0.25) is 5.95 Å². The van der Waals surface area contributed by atoms with Crippen molar-refractivity contribution in [3.8, 4) is 0 Å². The second-order valence-corrected chi connectivity index (χ2v) is 8.00. The third kappa shape index (κ3) is 6.44. The first-order chi connectivity index (χ1) is 17.0. The van der Waals surface area contributed by atoms with Gasteiger partial charge in [-0.1, -0.05) is 17.7 Å². The Morgan fingerprint density at radius 3 is 1.69 bits per heavy atom. The highest BCUT2D eigenvalue weighted by molar-refractivity contribution is 5.99. The monoisotopic (exact) mass is 465 g/mol. The summed E-state index contributed by atoms with van der Waals surface area (Å²) in [7, 11) is 0. The van der Waals surface area contributed by atoms with Crippen LogP contribution in [0, 0.1) is 13.8 Å². The summed E-state index contributed by atoms with van der Waals surface area (Å²) in [6, 6.07) is 15.5. The van der Waals surface area contributed by atoms with Gasteiger partial charge < -0.3 is 5.32 Å². The van der Waals surface area contributed by atoms with Crippen molar-refractivity contribution in [1.29, 1.82) is 0 Å². The number of pyridine rings is 2. The topological polar surface area (TPSA) is 112 Å². The molecule has 0 spiro atoms. The molecule has 9 heteroatoms. The van der Waals surface area contributed by atoms with Gasteiger partial charge in [0.25, 0.3) is 0 Å². The third-order valence-corrected chi connectivity index (χ3v) is 5.23. The summed E-state index contributed by atoms with van der Waals surface area (Å²) >= 11 is 0. The number of nitrogens with zero attached hydrogens (tertiary/aromatic N) is 6. The van der Waals surface area contributed by atoms with E-state index in [9.17, 15) is 0 Å². The van der Waals surface area contributed by atoms with E-state index in [-0.39, 0.29) is 0 Å². The average molecular weight is 466 g/mol. The number of anilines is 4. The summed E-state index contributed by atoms with van der Waals surface area (Å²) in [5.41, 5.74) is 12.8. The summed E-state index contributed by atoms with van der Waals surface area (Å²) < 4.78 is 0. The van der Waals surface area contributed by atoms with Crippen LogP contribution < -0.4 is 16.2 Å². The Balaban J connectivity index is 1.62. The van der Waals surface area contributed by atoms with E-state index in [1.807, 2.05) is 57.2 Å². The van der Waals surface area contributed by atoms with Crippen LogP contribution in [0.3, 0.4) is 0 Å². The Hall–Kier alpha value is -4.66. The standard InChI is InChI=1S/C26H27N9/c1-17-5-6-23(18(2)15-17)29-26-30-24(34-32-19(3)21-7-11-27-12-8-21)16-25(31-26)35-33-20(4)22-9-13-28-14-10-22/h5-16H,1-4H3,(H3,29,30,31,34,35). The van der Waals surface area contributed by atoms with Crippen LogP contribution in [0.15, 0.2) is 83.5 Å². The number of nitrogens with one attached hydrogen (secondary N) is 3. The minimum absolute atomic E-state index is 0.415. The molecule has 0 fully saturated rings. The van der Waals surface area contributed by atoms with E-state index in [0.29, 0.717) is 17.6 Å². The molecular weight excluding hydrogens is 438 g/mol.